The standard InChI is InChI=1S/C18H19NO6/c1-21-12-7-5-10(9-14(12)23-3)19-17-11-6-8-13(22-2)16(24-4)15(11)18(20)25-17/h5-9,17,19H,1-4H3/t17-/m0/s1. The average molecular weight is 345 g/mol. The maximum Gasteiger partial charge on any atom is 0.344 e. The maximum atomic E-state index is 12.3. The van der Waals surface area contributed by atoms with Gasteiger partial charge in [-0.15, -0.1) is 0 Å². The minimum Gasteiger partial charge on any atom is -0.493 e. The van der Waals surface area contributed by atoms with E-state index >= 15 is 0 Å². The molecule has 0 aliphatic carbocycles. The van der Waals surface area contributed by atoms with Gasteiger partial charge in [0.2, 0.25) is 6.23 Å². The first-order chi connectivity index (χ1) is 12.1. The van der Waals surface area contributed by atoms with Gasteiger partial charge in [-0.25, -0.2) is 4.79 Å². The number of benzene rings is 2. The minimum absolute atomic E-state index is 0.361. The van der Waals surface area contributed by atoms with Crippen LogP contribution in [0, 0.1) is 0 Å². The zero-order valence-corrected chi connectivity index (χ0v) is 14.4. The number of anilines is 1. The van der Waals surface area contributed by atoms with Crippen LogP contribution < -0.4 is 24.3 Å². The summed E-state index contributed by atoms with van der Waals surface area (Å²) in [6.45, 7) is 0. The van der Waals surface area contributed by atoms with Gasteiger partial charge in [0.1, 0.15) is 5.56 Å². The summed E-state index contributed by atoms with van der Waals surface area (Å²) in [6.07, 6.45) is -0.639. The molecule has 1 N–H and O–H groups in total. The molecule has 2 aromatic carbocycles. The van der Waals surface area contributed by atoms with E-state index in [9.17, 15) is 4.79 Å². The van der Waals surface area contributed by atoms with E-state index in [-0.39, 0.29) is 0 Å². The SMILES string of the molecule is COc1ccc(N[C@H]2OC(=O)c3c2ccc(OC)c3OC)cc1OC. The number of esters is 1. The molecule has 0 bridgehead atoms. The highest BCUT2D eigenvalue weighted by Gasteiger charge is 2.36. The fraction of sp³-hybridized carbons (Fsp3) is 0.278. The van der Waals surface area contributed by atoms with Crippen LogP contribution in [0.1, 0.15) is 22.1 Å². The lowest BCUT2D eigenvalue weighted by molar-refractivity contribution is 0.0435. The van der Waals surface area contributed by atoms with Crippen LogP contribution in [0.15, 0.2) is 30.3 Å². The van der Waals surface area contributed by atoms with Gasteiger partial charge in [-0.3, -0.25) is 0 Å². The molecule has 0 saturated heterocycles. The van der Waals surface area contributed by atoms with Gasteiger partial charge in [0, 0.05) is 17.3 Å². The molecule has 0 amide bonds. The number of carbonyl (C=O) groups is 1. The molecule has 0 spiro atoms. The monoisotopic (exact) mass is 345 g/mol. The molecule has 1 aliphatic rings. The highest BCUT2D eigenvalue weighted by atomic mass is 16.6. The first-order valence-electron chi connectivity index (χ1n) is 7.57. The van der Waals surface area contributed by atoms with E-state index in [1.165, 1.54) is 14.2 Å². The third-order valence-corrected chi connectivity index (χ3v) is 3.97. The van der Waals surface area contributed by atoms with Crippen molar-refractivity contribution >= 4 is 11.7 Å². The van der Waals surface area contributed by atoms with E-state index < -0.39 is 12.2 Å². The number of cyclic esters (lactones) is 1. The zero-order chi connectivity index (χ0) is 18.0. The second kappa shape index (κ2) is 6.80. The quantitative estimate of drug-likeness (QED) is 0.807. The van der Waals surface area contributed by atoms with Gasteiger partial charge >= 0.3 is 5.97 Å². The van der Waals surface area contributed by atoms with Crippen LogP contribution in [0.5, 0.6) is 23.0 Å². The van der Waals surface area contributed by atoms with Gasteiger partial charge in [0.15, 0.2) is 23.0 Å². The fourth-order valence-corrected chi connectivity index (χ4v) is 2.79. The van der Waals surface area contributed by atoms with Crippen molar-refractivity contribution in [2.45, 2.75) is 6.23 Å². The molecule has 2 aromatic rings. The van der Waals surface area contributed by atoms with E-state index in [4.69, 9.17) is 23.7 Å². The molecular weight excluding hydrogens is 326 g/mol. The zero-order valence-electron chi connectivity index (χ0n) is 14.4. The molecule has 7 nitrogen and oxygen atoms in total. The largest absolute Gasteiger partial charge is 0.493 e. The highest BCUT2D eigenvalue weighted by molar-refractivity contribution is 5.98. The van der Waals surface area contributed by atoms with Crippen molar-refractivity contribution in [2.75, 3.05) is 33.8 Å². The number of methoxy groups -OCH3 is 4. The van der Waals surface area contributed by atoms with Gasteiger partial charge < -0.3 is 29.0 Å². The number of hydrogen-bond donors (Lipinski definition) is 1. The van der Waals surface area contributed by atoms with Crippen LogP contribution in [-0.2, 0) is 4.74 Å². The Balaban J connectivity index is 1.94. The predicted molar refractivity (Wildman–Crippen MR) is 90.9 cm³/mol. The number of ether oxygens (including phenoxy) is 5. The molecular formula is C18H19NO6. The van der Waals surface area contributed by atoms with Crippen LogP contribution in [0.4, 0.5) is 5.69 Å². The lowest BCUT2D eigenvalue weighted by Crippen LogP contribution is -2.10. The number of carbonyl (C=O) groups excluding carboxylic acids is 1. The van der Waals surface area contributed by atoms with Crippen molar-refractivity contribution in [2.24, 2.45) is 0 Å². The smallest absolute Gasteiger partial charge is 0.344 e. The summed E-state index contributed by atoms with van der Waals surface area (Å²) in [6, 6.07) is 8.87. The topological polar surface area (TPSA) is 75.3 Å². The lowest BCUT2D eigenvalue weighted by Gasteiger charge is -2.16. The Hall–Kier alpha value is -3.09. The Bertz CT molecular complexity index is 804. The molecule has 132 valence electrons. The van der Waals surface area contributed by atoms with Crippen LogP contribution in [-0.4, -0.2) is 34.4 Å². The summed E-state index contributed by atoms with van der Waals surface area (Å²) in [5.41, 5.74) is 1.76. The van der Waals surface area contributed by atoms with Gasteiger partial charge in [0.05, 0.1) is 28.4 Å². The highest BCUT2D eigenvalue weighted by Crippen LogP contribution is 2.42. The molecule has 3 rings (SSSR count). The molecule has 1 heterocycles. The van der Waals surface area contributed by atoms with Crippen molar-refractivity contribution in [1.29, 1.82) is 0 Å². The summed E-state index contributed by atoms with van der Waals surface area (Å²) >= 11 is 0. The molecule has 25 heavy (non-hydrogen) atoms. The van der Waals surface area contributed by atoms with Crippen LogP contribution in [0.3, 0.4) is 0 Å². The van der Waals surface area contributed by atoms with Gasteiger partial charge in [0.25, 0.3) is 0 Å². The first kappa shape index (κ1) is 16.8. The molecule has 7 heteroatoms. The summed E-state index contributed by atoms with van der Waals surface area (Å²) < 4.78 is 26.5. The van der Waals surface area contributed by atoms with Crippen molar-refractivity contribution in [3.05, 3.63) is 41.5 Å². The van der Waals surface area contributed by atoms with Crippen LogP contribution in [0.2, 0.25) is 0 Å². The number of fused-ring (bicyclic) bond motifs is 1. The molecule has 1 aliphatic heterocycles. The summed E-state index contributed by atoms with van der Waals surface area (Å²) in [4.78, 5) is 12.3. The first-order valence-corrected chi connectivity index (χ1v) is 7.57. The maximum absolute atomic E-state index is 12.3. The molecule has 0 saturated carbocycles. The Kier molecular flexibility index (Phi) is 4.56. The van der Waals surface area contributed by atoms with E-state index in [1.54, 1.807) is 38.5 Å². The summed E-state index contributed by atoms with van der Waals surface area (Å²) in [5.74, 6) is 1.56. The van der Waals surface area contributed by atoms with Gasteiger partial charge in [-0.05, 0) is 24.3 Å². The van der Waals surface area contributed by atoms with Crippen molar-refractivity contribution in [3.63, 3.8) is 0 Å². The summed E-state index contributed by atoms with van der Waals surface area (Å²) in [7, 11) is 6.13. The Morgan fingerprint density at radius 3 is 2.20 bits per heavy atom. The van der Waals surface area contributed by atoms with Crippen LogP contribution in [0.25, 0.3) is 0 Å². The molecule has 0 unspecified atom stereocenters. The average Bonchev–Trinajstić information content (AvgIpc) is 2.96. The van der Waals surface area contributed by atoms with Crippen molar-refractivity contribution in [1.82, 2.24) is 0 Å². The Labute approximate surface area is 145 Å². The fourth-order valence-electron chi connectivity index (χ4n) is 2.79. The van der Waals surface area contributed by atoms with Gasteiger partial charge in [-0.1, -0.05) is 0 Å². The minimum atomic E-state index is -0.639. The van der Waals surface area contributed by atoms with Crippen molar-refractivity contribution < 1.29 is 28.5 Å². The van der Waals surface area contributed by atoms with E-state index in [2.05, 4.69) is 5.32 Å². The normalized spacial score (nSPS) is 15.2. The molecule has 1 atom stereocenters. The van der Waals surface area contributed by atoms with E-state index in [1.807, 2.05) is 6.07 Å². The molecule has 0 aromatic heterocycles. The molecule has 0 radical (unpaired) electrons. The third-order valence-electron chi connectivity index (χ3n) is 3.97. The number of nitrogens with one attached hydrogen (secondary N) is 1. The Morgan fingerprint density at radius 2 is 1.56 bits per heavy atom. The number of hydrogen-bond acceptors (Lipinski definition) is 7. The van der Waals surface area contributed by atoms with Crippen LogP contribution >= 0.6 is 0 Å². The predicted octanol–water partition coefficient (Wildman–Crippen LogP) is 3.00. The molecule has 0 fully saturated rings. The second-order valence-electron chi connectivity index (χ2n) is 5.26. The Morgan fingerprint density at radius 1 is 0.880 bits per heavy atom. The third kappa shape index (κ3) is 2.88. The van der Waals surface area contributed by atoms with E-state index in [0.717, 1.165) is 5.69 Å². The van der Waals surface area contributed by atoms with Gasteiger partial charge in [-0.2, -0.15) is 0 Å². The van der Waals surface area contributed by atoms with Crippen molar-refractivity contribution in [3.8, 4) is 23.0 Å². The number of rotatable bonds is 6. The lowest BCUT2D eigenvalue weighted by atomic mass is 10.1. The summed E-state index contributed by atoms with van der Waals surface area (Å²) in [5, 5.41) is 3.17. The second-order valence-corrected chi connectivity index (χ2v) is 5.26. The van der Waals surface area contributed by atoms with E-state index in [0.29, 0.717) is 34.1 Å².